The third-order valence-corrected chi connectivity index (χ3v) is 3.01. The van der Waals surface area contributed by atoms with E-state index in [2.05, 4.69) is 17.2 Å². The zero-order chi connectivity index (χ0) is 13.8. The number of carbonyl (C=O) groups excluding carboxylic acids is 1. The third-order valence-electron chi connectivity index (χ3n) is 3.01. The Morgan fingerprint density at radius 2 is 1.60 bits per heavy atom. The molecule has 1 heterocycles. The fraction of sp³-hybridized carbons (Fsp3) is 0.118. The van der Waals surface area contributed by atoms with E-state index in [1.54, 1.807) is 0 Å². The van der Waals surface area contributed by atoms with E-state index in [1.165, 1.54) is 0 Å². The molecule has 20 heavy (non-hydrogen) atoms. The molecule has 0 spiro atoms. The van der Waals surface area contributed by atoms with E-state index in [0.29, 0.717) is 5.75 Å². The van der Waals surface area contributed by atoms with Crippen LogP contribution in [0.3, 0.4) is 0 Å². The van der Waals surface area contributed by atoms with Gasteiger partial charge in [-0.3, -0.25) is 4.79 Å². The lowest BCUT2D eigenvalue weighted by Gasteiger charge is -2.32. The number of ether oxygens (including phenoxy) is 1. The smallest absolute Gasteiger partial charge is 0.265 e. The number of benzene rings is 2. The van der Waals surface area contributed by atoms with Crippen LogP contribution >= 0.6 is 0 Å². The topological polar surface area (TPSA) is 38.3 Å². The zero-order valence-corrected chi connectivity index (χ0v) is 10.7. The highest BCUT2D eigenvalue weighted by molar-refractivity contribution is 5.90. The molecule has 98 valence electrons. The van der Waals surface area contributed by atoms with Gasteiger partial charge in [0.2, 0.25) is 6.10 Å². The van der Waals surface area contributed by atoms with Crippen molar-refractivity contribution in [1.82, 2.24) is 5.32 Å². The van der Waals surface area contributed by atoms with Crippen molar-refractivity contribution in [2.75, 3.05) is 0 Å². The quantitative estimate of drug-likeness (QED) is 0.664. The average Bonchev–Trinajstić information content (AvgIpc) is 2.51. The van der Waals surface area contributed by atoms with E-state index in [-0.39, 0.29) is 11.9 Å². The second-order valence-corrected chi connectivity index (χ2v) is 4.47. The molecule has 0 bridgehead atoms. The lowest BCUT2D eigenvalue weighted by molar-refractivity contribution is -0.137. The van der Waals surface area contributed by atoms with Gasteiger partial charge in [0.1, 0.15) is 11.8 Å². The van der Waals surface area contributed by atoms with Gasteiger partial charge in [-0.2, -0.15) is 0 Å². The predicted octanol–water partition coefficient (Wildman–Crippen LogP) is 1.98. The monoisotopic (exact) mass is 263 g/mol. The zero-order valence-electron chi connectivity index (χ0n) is 10.7. The van der Waals surface area contributed by atoms with Crippen molar-refractivity contribution >= 4 is 5.91 Å². The van der Waals surface area contributed by atoms with Crippen LogP contribution in [0.2, 0.25) is 0 Å². The first-order valence-corrected chi connectivity index (χ1v) is 6.41. The summed E-state index contributed by atoms with van der Waals surface area (Å²) in [5.41, 5.74) is 0.923. The van der Waals surface area contributed by atoms with Crippen molar-refractivity contribution in [3.8, 4) is 17.6 Å². The van der Waals surface area contributed by atoms with Crippen molar-refractivity contribution in [2.45, 2.75) is 12.1 Å². The molecule has 0 aliphatic carbocycles. The lowest BCUT2D eigenvalue weighted by Crippen LogP contribution is -2.64. The summed E-state index contributed by atoms with van der Waals surface area (Å²) >= 11 is 0. The molecule has 1 amide bonds. The van der Waals surface area contributed by atoms with E-state index in [0.717, 1.165) is 5.56 Å². The second kappa shape index (κ2) is 5.50. The molecule has 2 aromatic carbocycles. The standard InChI is InChI=1S/C17H13NO2/c19-17-16(20-14-9-5-2-6-10-14)15(18-17)12-11-13-7-3-1-4-8-13/h1-10,15-16H,(H,18,19)/t15-,16+/m0/s1. The van der Waals surface area contributed by atoms with Gasteiger partial charge in [-0.05, 0) is 24.3 Å². The first-order valence-electron chi connectivity index (χ1n) is 6.41. The van der Waals surface area contributed by atoms with Crippen molar-refractivity contribution in [3.63, 3.8) is 0 Å². The van der Waals surface area contributed by atoms with E-state index in [4.69, 9.17) is 4.74 Å². The Morgan fingerprint density at radius 1 is 0.950 bits per heavy atom. The normalized spacial score (nSPS) is 20.1. The maximum absolute atomic E-state index is 11.6. The number of hydrogen-bond acceptors (Lipinski definition) is 2. The highest BCUT2D eigenvalue weighted by Crippen LogP contribution is 2.17. The summed E-state index contributed by atoms with van der Waals surface area (Å²) in [6, 6.07) is 18.7. The van der Waals surface area contributed by atoms with Crippen LogP contribution in [0.25, 0.3) is 0 Å². The van der Waals surface area contributed by atoms with E-state index in [9.17, 15) is 4.79 Å². The molecule has 3 nitrogen and oxygen atoms in total. The van der Waals surface area contributed by atoms with Crippen LogP contribution in [0.5, 0.6) is 5.75 Å². The number of β-lactam (4-membered cyclic amide) rings is 1. The Balaban J connectivity index is 1.69. The molecular weight excluding hydrogens is 250 g/mol. The average molecular weight is 263 g/mol. The Bertz CT molecular complexity index is 656. The molecule has 1 fully saturated rings. The molecule has 0 radical (unpaired) electrons. The largest absolute Gasteiger partial charge is 0.477 e. The number of para-hydroxylation sites is 1. The van der Waals surface area contributed by atoms with E-state index >= 15 is 0 Å². The highest BCUT2D eigenvalue weighted by atomic mass is 16.5. The van der Waals surface area contributed by atoms with Gasteiger partial charge in [0.05, 0.1) is 0 Å². The van der Waals surface area contributed by atoms with Crippen molar-refractivity contribution in [1.29, 1.82) is 0 Å². The second-order valence-electron chi connectivity index (χ2n) is 4.47. The maximum atomic E-state index is 11.6. The van der Waals surface area contributed by atoms with Gasteiger partial charge in [0, 0.05) is 5.56 Å². The number of hydrogen-bond donors (Lipinski definition) is 1. The number of amides is 1. The van der Waals surface area contributed by atoms with Gasteiger partial charge >= 0.3 is 0 Å². The minimum absolute atomic E-state index is 0.124. The summed E-state index contributed by atoms with van der Waals surface area (Å²) in [7, 11) is 0. The minimum atomic E-state index is -0.534. The fourth-order valence-corrected chi connectivity index (χ4v) is 1.93. The fourth-order valence-electron chi connectivity index (χ4n) is 1.93. The van der Waals surface area contributed by atoms with E-state index < -0.39 is 6.10 Å². The SMILES string of the molecule is O=C1N[C@@H](C#Cc2ccccc2)[C@H]1Oc1ccccc1. The molecule has 3 rings (SSSR count). The molecule has 0 unspecified atom stereocenters. The minimum Gasteiger partial charge on any atom is -0.477 e. The van der Waals surface area contributed by atoms with Crippen molar-refractivity contribution in [3.05, 3.63) is 66.2 Å². The first-order chi connectivity index (χ1) is 9.83. The van der Waals surface area contributed by atoms with Gasteiger partial charge in [0.25, 0.3) is 5.91 Å². The lowest BCUT2D eigenvalue weighted by atomic mass is 10.0. The van der Waals surface area contributed by atoms with Crippen LogP contribution in [-0.2, 0) is 4.79 Å². The molecular formula is C17H13NO2. The first kappa shape index (κ1) is 12.3. The van der Waals surface area contributed by atoms with Crippen LogP contribution < -0.4 is 10.1 Å². The summed E-state index contributed by atoms with van der Waals surface area (Å²) in [5, 5.41) is 2.75. The Kier molecular flexibility index (Phi) is 3.38. The Labute approximate surface area is 117 Å². The molecule has 1 aliphatic heterocycles. The predicted molar refractivity (Wildman–Crippen MR) is 76.1 cm³/mol. The molecule has 1 aliphatic rings. The molecule has 3 heteroatoms. The summed E-state index contributed by atoms with van der Waals surface area (Å²) in [6.07, 6.45) is -0.534. The molecule has 2 atom stereocenters. The highest BCUT2D eigenvalue weighted by Gasteiger charge is 2.40. The molecule has 1 N–H and O–H groups in total. The molecule has 1 saturated heterocycles. The van der Waals surface area contributed by atoms with Crippen LogP contribution in [0.4, 0.5) is 0 Å². The van der Waals surface area contributed by atoms with Gasteiger partial charge in [-0.1, -0.05) is 48.2 Å². The molecule has 2 aromatic rings. The molecule has 0 aromatic heterocycles. The number of rotatable bonds is 2. The van der Waals surface area contributed by atoms with Gasteiger partial charge in [0.15, 0.2) is 0 Å². The maximum Gasteiger partial charge on any atom is 0.265 e. The van der Waals surface area contributed by atoms with Crippen LogP contribution in [0.1, 0.15) is 5.56 Å². The summed E-state index contributed by atoms with van der Waals surface area (Å²) in [4.78, 5) is 11.6. The number of nitrogens with one attached hydrogen (secondary N) is 1. The van der Waals surface area contributed by atoms with E-state index in [1.807, 2.05) is 60.7 Å². The van der Waals surface area contributed by atoms with Crippen molar-refractivity contribution < 1.29 is 9.53 Å². The molecule has 0 saturated carbocycles. The van der Waals surface area contributed by atoms with Gasteiger partial charge < -0.3 is 10.1 Å². The summed E-state index contributed by atoms with van der Waals surface area (Å²) in [6.45, 7) is 0. The Morgan fingerprint density at radius 3 is 2.25 bits per heavy atom. The van der Waals surface area contributed by atoms with Gasteiger partial charge in [-0.15, -0.1) is 0 Å². The van der Waals surface area contributed by atoms with Crippen LogP contribution in [0.15, 0.2) is 60.7 Å². The number of carbonyl (C=O) groups is 1. The van der Waals surface area contributed by atoms with Gasteiger partial charge in [-0.25, -0.2) is 0 Å². The third kappa shape index (κ3) is 2.65. The summed E-state index contributed by atoms with van der Waals surface area (Å²) in [5.74, 6) is 6.62. The van der Waals surface area contributed by atoms with Crippen LogP contribution in [0, 0.1) is 11.8 Å². The summed E-state index contributed by atoms with van der Waals surface area (Å²) < 4.78 is 5.65. The Hall–Kier alpha value is -2.73. The van der Waals surface area contributed by atoms with Crippen LogP contribution in [-0.4, -0.2) is 18.1 Å². The van der Waals surface area contributed by atoms with Crippen molar-refractivity contribution in [2.24, 2.45) is 0 Å².